The first kappa shape index (κ1) is 25.3. The van der Waals surface area contributed by atoms with Gasteiger partial charge in [0, 0.05) is 26.4 Å². The smallest absolute Gasteiger partial charge is 0.373 e. The van der Waals surface area contributed by atoms with Gasteiger partial charge < -0.3 is 18.6 Å². The van der Waals surface area contributed by atoms with Crippen LogP contribution in [-0.4, -0.2) is 34.3 Å². The second kappa shape index (κ2) is 16.1. The normalized spacial score (nSPS) is 13.0. The van der Waals surface area contributed by atoms with Crippen LogP contribution in [0.25, 0.3) is 0 Å². The van der Waals surface area contributed by atoms with Gasteiger partial charge in [0.25, 0.3) is 0 Å². The second-order valence-corrected chi connectivity index (χ2v) is 10.0. The van der Waals surface area contributed by atoms with Crippen molar-refractivity contribution in [3.05, 3.63) is 35.9 Å². The third kappa shape index (κ3) is 9.66. The van der Waals surface area contributed by atoms with Crippen molar-refractivity contribution < 1.29 is 13.3 Å². The lowest BCUT2D eigenvalue weighted by atomic mass is 10.1. The summed E-state index contributed by atoms with van der Waals surface area (Å²) in [6.45, 7) is 11.0. The maximum absolute atomic E-state index is 6.20. The van der Waals surface area contributed by atoms with Crippen LogP contribution in [0.2, 0.25) is 0 Å². The molecule has 5 heteroatoms. The summed E-state index contributed by atoms with van der Waals surface area (Å²) in [7, 11) is -2.77. The van der Waals surface area contributed by atoms with Gasteiger partial charge >= 0.3 is 8.80 Å². The summed E-state index contributed by atoms with van der Waals surface area (Å²) in [5.41, 5.74) is 1.41. The fourth-order valence-corrected chi connectivity index (χ4v) is 6.55. The van der Waals surface area contributed by atoms with Crippen LogP contribution in [0, 0.1) is 0 Å². The van der Waals surface area contributed by atoms with Gasteiger partial charge in [0.15, 0.2) is 0 Å². The molecule has 0 radical (unpaired) electrons. The van der Waals surface area contributed by atoms with Crippen LogP contribution in [0.4, 0.5) is 0 Å². The molecule has 0 saturated carbocycles. The summed E-state index contributed by atoms with van der Waals surface area (Å²) < 4.78 is 18.6. The van der Waals surface area contributed by atoms with E-state index in [-0.39, 0.29) is 5.67 Å². The van der Waals surface area contributed by atoms with Crippen LogP contribution in [0.5, 0.6) is 0 Å². The highest BCUT2D eigenvalue weighted by molar-refractivity contribution is 6.62. The Morgan fingerprint density at radius 2 is 1.29 bits per heavy atom. The summed E-state index contributed by atoms with van der Waals surface area (Å²) >= 11 is 0. The van der Waals surface area contributed by atoms with Crippen molar-refractivity contribution in [1.82, 2.24) is 5.32 Å². The van der Waals surface area contributed by atoms with E-state index >= 15 is 0 Å². The molecular weight excluding hydrogens is 366 g/mol. The first-order chi connectivity index (χ1) is 13.7. The lowest BCUT2D eigenvalue weighted by Gasteiger charge is -2.36. The Balaban J connectivity index is 2.72. The third-order valence-electron chi connectivity index (χ3n) is 4.96. The number of nitrogens with one attached hydrogen (secondary N) is 1. The number of unbranched alkanes of at least 4 members (excludes halogenated alkanes) is 6. The van der Waals surface area contributed by atoms with Gasteiger partial charge in [0.05, 0.1) is 5.67 Å². The van der Waals surface area contributed by atoms with E-state index in [0.29, 0.717) is 19.8 Å². The molecule has 0 heterocycles. The largest absolute Gasteiger partial charge is 0.518 e. The van der Waals surface area contributed by atoms with Crippen LogP contribution in [0.15, 0.2) is 30.3 Å². The average molecular weight is 410 g/mol. The Morgan fingerprint density at radius 3 is 1.82 bits per heavy atom. The van der Waals surface area contributed by atoms with Gasteiger partial charge in [-0.25, -0.2) is 0 Å². The molecule has 0 aromatic heterocycles. The van der Waals surface area contributed by atoms with Crippen LogP contribution < -0.4 is 5.32 Å². The van der Waals surface area contributed by atoms with Gasteiger partial charge in [0.1, 0.15) is 0 Å². The molecule has 0 fully saturated rings. The summed E-state index contributed by atoms with van der Waals surface area (Å²) in [6, 6.07) is 10.5. The summed E-state index contributed by atoms with van der Waals surface area (Å²) in [5, 5.41) is 3.73. The van der Waals surface area contributed by atoms with Crippen molar-refractivity contribution in [2.24, 2.45) is 0 Å². The van der Waals surface area contributed by atoms with Crippen molar-refractivity contribution in [3.8, 4) is 0 Å². The molecule has 28 heavy (non-hydrogen) atoms. The Labute approximate surface area is 174 Å². The van der Waals surface area contributed by atoms with Gasteiger partial charge in [-0.15, -0.1) is 0 Å². The van der Waals surface area contributed by atoms with Crippen molar-refractivity contribution in [1.29, 1.82) is 0 Å². The van der Waals surface area contributed by atoms with Gasteiger partial charge in [-0.05, 0) is 32.8 Å². The van der Waals surface area contributed by atoms with E-state index in [9.17, 15) is 0 Å². The highest BCUT2D eigenvalue weighted by atomic mass is 28.4. The minimum Gasteiger partial charge on any atom is -0.373 e. The number of hydrogen-bond donors (Lipinski definition) is 1. The number of hydrogen-bond acceptors (Lipinski definition) is 4. The molecule has 0 spiro atoms. The van der Waals surface area contributed by atoms with E-state index in [1.54, 1.807) is 0 Å². The zero-order valence-corrected chi connectivity index (χ0v) is 19.7. The lowest BCUT2D eigenvalue weighted by molar-refractivity contribution is 0.0562. The van der Waals surface area contributed by atoms with Crippen molar-refractivity contribution in [2.45, 2.75) is 91.3 Å². The third-order valence-corrected chi connectivity index (χ3v) is 8.37. The van der Waals surface area contributed by atoms with E-state index < -0.39 is 8.80 Å². The Hall–Kier alpha value is -0.723. The first-order valence-corrected chi connectivity index (χ1v) is 13.2. The summed E-state index contributed by atoms with van der Waals surface area (Å²) in [4.78, 5) is 0. The molecule has 0 saturated heterocycles. The lowest BCUT2D eigenvalue weighted by Crippen LogP contribution is -2.61. The first-order valence-electron chi connectivity index (χ1n) is 11.4. The van der Waals surface area contributed by atoms with Gasteiger partial charge in [0.2, 0.25) is 0 Å². The Kier molecular flexibility index (Phi) is 14.6. The SMILES string of the molecule is CCCCCCCCCC(NCc1ccccc1)[Si](OCC)(OCC)OCC. The van der Waals surface area contributed by atoms with E-state index in [2.05, 4.69) is 42.6 Å². The molecule has 1 rings (SSSR count). The maximum Gasteiger partial charge on any atom is 0.518 e. The molecule has 1 unspecified atom stereocenters. The minimum atomic E-state index is -2.77. The second-order valence-electron chi connectivity index (χ2n) is 7.23. The molecule has 0 aliphatic heterocycles. The maximum atomic E-state index is 6.20. The molecule has 4 nitrogen and oxygen atoms in total. The summed E-state index contributed by atoms with van der Waals surface area (Å²) in [6.07, 6.45) is 10.2. The fourth-order valence-electron chi connectivity index (χ4n) is 3.58. The van der Waals surface area contributed by atoms with Crippen molar-refractivity contribution in [3.63, 3.8) is 0 Å². The molecule has 162 valence electrons. The van der Waals surface area contributed by atoms with Crippen LogP contribution in [0.3, 0.4) is 0 Å². The highest BCUT2D eigenvalue weighted by Crippen LogP contribution is 2.21. The monoisotopic (exact) mass is 409 g/mol. The molecule has 0 aliphatic rings. The fraction of sp³-hybridized carbons (Fsp3) is 0.739. The van der Waals surface area contributed by atoms with Crippen molar-refractivity contribution in [2.75, 3.05) is 19.8 Å². The molecule has 1 atom stereocenters. The molecular formula is C23H43NO3Si. The van der Waals surface area contributed by atoms with E-state index in [4.69, 9.17) is 13.3 Å². The zero-order valence-electron chi connectivity index (χ0n) is 18.7. The van der Waals surface area contributed by atoms with E-state index in [0.717, 1.165) is 13.0 Å². The Bertz CT molecular complexity index is 455. The highest BCUT2D eigenvalue weighted by Gasteiger charge is 2.48. The Morgan fingerprint density at radius 1 is 0.750 bits per heavy atom. The van der Waals surface area contributed by atoms with Crippen LogP contribution in [0.1, 0.15) is 84.6 Å². The standard InChI is InChI=1S/C23H43NO3Si/c1-5-9-10-11-12-13-17-20-23(24-21-22-18-15-14-16-19-22)28(25-6-2,26-7-3)27-8-4/h14-16,18-19,23-24H,5-13,17,20-21H2,1-4H3. The molecule has 1 aromatic carbocycles. The topological polar surface area (TPSA) is 39.7 Å². The average Bonchev–Trinajstić information content (AvgIpc) is 2.70. The zero-order chi connectivity index (χ0) is 20.5. The van der Waals surface area contributed by atoms with Gasteiger partial charge in [-0.1, -0.05) is 82.2 Å². The van der Waals surface area contributed by atoms with Crippen LogP contribution >= 0.6 is 0 Å². The molecule has 0 aliphatic carbocycles. The van der Waals surface area contributed by atoms with Gasteiger partial charge in [-0.3, -0.25) is 0 Å². The minimum absolute atomic E-state index is 0.128. The number of benzene rings is 1. The van der Waals surface area contributed by atoms with Crippen LogP contribution in [-0.2, 0) is 19.8 Å². The molecule has 1 N–H and O–H groups in total. The predicted octanol–water partition coefficient (Wildman–Crippen LogP) is 5.87. The van der Waals surface area contributed by atoms with E-state index in [1.807, 2.05) is 20.8 Å². The molecule has 0 bridgehead atoms. The molecule has 1 aromatic rings. The number of rotatable bonds is 18. The van der Waals surface area contributed by atoms with Crippen molar-refractivity contribution >= 4 is 8.80 Å². The predicted molar refractivity (Wildman–Crippen MR) is 120 cm³/mol. The molecule has 0 amide bonds. The quantitative estimate of drug-likeness (QED) is 0.243. The van der Waals surface area contributed by atoms with Gasteiger partial charge in [-0.2, -0.15) is 0 Å². The summed E-state index contributed by atoms with van der Waals surface area (Å²) in [5.74, 6) is 0. The van der Waals surface area contributed by atoms with E-state index in [1.165, 1.54) is 50.5 Å².